The van der Waals surface area contributed by atoms with Gasteiger partial charge in [0.2, 0.25) is 5.88 Å². The molecule has 0 aliphatic rings. The van der Waals surface area contributed by atoms with E-state index in [4.69, 9.17) is 4.74 Å². The molecule has 114 valence electrons. The van der Waals surface area contributed by atoms with Crippen LogP contribution in [0.4, 0.5) is 0 Å². The summed E-state index contributed by atoms with van der Waals surface area (Å²) in [6, 6.07) is 4.23. The second-order valence-corrected chi connectivity index (χ2v) is 5.20. The van der Waals surface area contributed by atoms with Crippen molar-refractivity contribution in [1.82, 2.24) is 10.3 Å². The van der Waals surface area contributed by atoms with Crippen LogP contribution in [0.2, 0.25) is 0 Å². The van der Waals surface area contributed by atoms with Gasteiger partial charge in [-0.25, -0.2) is 4.98 Å². The van der Waals surface area contributed by atoms with Crippen LogP contribution in [-0.4, -0.2) is 18.1 Å². The van der Waals surface area contributed by atoms with Crippen molar-refractivity contribution >= 4 is 0 Å². The van der Waals surface area contributed by atoms with Crippen molar-refractivity contribution in [2.45, 2.75) is 65.8 Å². The molecule has 0 aliphatic carbocycles. The summed E-state index contributed by atoms with van der Waals surface area (Å²) in [5.74, 6) is 0.785. The lowest BCUT2D eigenvalue weighted by atomic mass is 10.2. The molecule has 1 N–H and O–H groups in total. The summed E-state index contributed by atoms with van der Waals surface area (Å²) >= 11 is 0. The Morgan fingerprint density at radius 3 is 2.55 bits per heavy atom. The van der Waals surface area contributed by atoms with Crippen LogP contribution in [0, 0.1) is 0 Å². The van der Waals surface area contributed by atoms with Crippen molar-refractivity contribution in [1.29, 1.82) is 0 Å². The quantitative estimate of drug-likeness (QED) is 0.619. The molecule has 0 aromatic carbocycles. The zero-order valence-corrected chi connectivity index (χ0v) is 13.4. The van der Waals surface area contributed by atoms with Gasteiger partial charge >= 0.3 is 0 Å². The molecule has 0 fully saturated rings. The minimum absolute atomic E-state index is 0.782. The van der Waals surface area contributed by atoms with Gasteiger partial charge in [-0.3, -0.25) is 0 Å². The van der Waals surface area contributed by atoms with Crippen molar-refractivity contribution in [2.75, 3.05) is 13.2 Å². The Balaban J connectivity index is 2.42. The first-order valence-corrected chi connectivity index (χ1v) is 8.13. The molecule has 1 aromatic rings. The first kappa shape index (κ1) is 17.0. The van der Waals surface area contributed by atoms with E-state index >= 15 is 0 Å². The highest BCUT2D eigenvalue weighted by Crippen LogP contribution is 2.14. The minimum atomic E-state index is 0.782. The SMILES string of the molecule is CCCCCCCOc1cc(CNCC)cc(CC)n1. The standard InChI is InChI=1S/C17H30N2O/c1-4-7-8-9-10-11-20-17-13-15(14-18-6-3)12-16(5-2)19-17/h12-13,18H,4-11,14H2,1-3H3. The predicted octanol–water partition coefficient (Wildman–Crippen LogP) is 4.10. The number of aryl methyl sites for hydroxylation is 1. The zero-order valence-electron chi connectivity index (χ0n) is 13.4. The van der Waals surface area contributed by atoms with Gasteiger partial charge in [-0.2, -0.15) is 0 Å². The number of pyridine rings is 1. The fourth-order valence-corrected chi connectivity index (χ4v) is 2.13. The molecule has 0 radical (unpaired) electrons. The second kappa shape index (κ2) is 10.7. The van der Waals surface area contributed by atoms with Gasteiger partial charge in [-0.05, 0) is 31.0 Å². The Morgan fingerprint density at radius 1 is 1.05 bits per heavy atom. The molecule has 0 bridgehead atoms. The molecule has 0 unspecified atom stereocenters. The van der Waals surface area contributed by atoms with E-state index in [2.05, 4.69) is 43.2 Å². The maximum absolute atomic E-state index is 5.81. The van der Waals surface area contributed by atoms with E-state index in [1.807, 2.05) is 0 Å². The Hall–Kier alpha value is -1.09. The third-order valence-electron chi connectivity index (χ3n) is 3.35. The molecule has 0 atom stereocenters. The maximum atomic E-state index is 5.81. The number of ether oxygens (including phenoxy) is 1. The van der Waals surface area contributed by atoms with Crippen LogP contribution in [-0.2, 0) is 13.0 Å². The molecule has 0 spiro atoms. The van der Waals surface area contributed by atoms with Gasteiger partial charge in [0, 0.05) is 18.3 Å². The summed E-state index contributed by atoms with van der Waals surface area (Å²) in [6.07, 6.45) is 7.26. The van der Waals surface area contributed by atoms with Crippen LogP contribution in [0.25, 0.3) is 0 Å². The Kier molecular flexibility index (Phi) is 9.05. The molecule has 3 heteroatoms. The van der Waals surface area contributed by atoms with Crippen LogP contribution in [0.1, 0.15) is 64.1 Å². The summed E-state index contributed by atoms with van der Waals surface area (Å²) in [5.41, 5.74) is 2.38. The molecule has 20 heavy (non-hydrogen) atoms. The van der Waals surface area contributed by atoms with Gasteiger partial charge in [0.05, 0.1) is 6.61 Å². The van der Waals surface area contributed by atoms with Crippen LogP contribution in [0.3, 0.4) is 0 Å². The maximum Gasteiger partial charge on any atom is 0.213 e. The predicted molar refractivity (Wildman–Crippen MR) is 85.2 cm³/mol. The average Bonchev–Trinajstić information content (AvgIpc) is 2.48. The summed E-state index contributed by atoms with van der Waals surface area (Å²) in [4.78, 5) is 4.54. The zero-order chi connectivity index (χ0) is 14.6. The number of unbranched alkanes of at least 4 members (excludes halogenated alkanes) is 4. The van der Waals surface area contributed by atoms with Crippen LogP contribution in [0.5, 0.6) is 5.88 Å². The second-order valence-electron chi connectivity index (χ2n) is 5.20. The van der Waals surface area contributed by atoms with E-state index in [0.29, 0.717) is 0 Å². The van der Waals surface area contributed by atoms with E-state index in [0.717, 1.165) is 44.1 Å². The fraction of sp³-hybridized carbons (Fsp3) is 0.706. The Morgan fingerprint density at radius 2 is 1.85 bits per heavy atom. The normalized spacial score (nSPS) is 10.8. The van der Waals surface area contributed by atoms with E-state index in [1.54, 1.807) is 0 Å². The highest BCUT2D eigenvalue weighted by atomic mass is 16.5. The summed E-state index contributed by atoms with van der Waals surface area (Å²) in [5, 5.41) is 3.35. The molecule has 0 saturated heterocycles. The van der Waals surface area contributed by atoms with E-state index in [1.165, 1.54) is 31.2 Å². The summed E-state index contributed by atoms with van der Waals surface area (Å²) < 4.78 is 5.81. The molecule has 1 aromatic heterocycles. The van der Waals surface area contributed by atoms with Gasteiger partial charge in [-0.15, -0.1) is 0 Å². The molecule has 0 saturated carbocycles. The largest absolute Gasteiger partial charge is 0.478 e. The van der Waals surface area contributed by atoms with E-state index < -0.39 is 0 Å². The lowest BCUT2D eigenvalue weighted by molar-refractivity contribution is 0.292. The number of hydrogen-bond donors (Lipinski definition) is 1. The van der Waals surface area contributed by atoms with Gasteiger partial charge in [0.25, 0.3) is 0 Å². The third kappa shape index (κ3) is 6.90. The number of nitrogens with one attached hydrogen (secondary N) is 1. The summed E-state index contributed by atoms with van der Waals surface area (Å²) in [6.45, 7) is 9.15. The van der Waals surface area contributed by atoms with Crippen molar-refractivity contribution < 1.29 is 4.74 Å². The van der Waals surface area contributed by atoms with Crippen LogP contribution in [0.15, 0.2) is 12.1 Å². The van der Waals surface area contributed by atoms with Gasteiger partial charge in [0.1, 0.15) is 0 Å². The van der Waals surface area contributed by atoms with Crippen LogP contribution < -0.4 is 10.1 Å². The fourth-order valence-electron chi connectivity index (χ4n) is 2.13. The number of hydrogen-bond acceptors (Lipinski definition) is 3. The first-order chi connectivity index (χ1) is 9.80. The van der Waals surface area contributed by atoms with Crippen molar-refractivity contribution in [3.05, 3.63) is 23.4 Å². The minimum Gasteiger partial charge on any atom is -0.478 e. The third-order valence-corrected chi connectivity index (χ3v) is 3.35. The van der Waals surface area contributed by atoms with Crippen molar-refractivity contribution in [2.24, 2.45) is 0 Å². The molecular formula is C17H30N2O. The first-order valence-electron chi connectivity index (χ1n) is 8.13. The van der Waals surface area contributed by atoms with Crippen molar-refractivity contribution in [3.63, 3.8) is 0 Å². The van der Waals surface area contributed by atoms with Gasteiger partial charge < -0.3 is 10.1 Å². The number of aromatic nitrogens is 1. The van der Waals surface area contributed by atoms with E-state index in [-0.39, 0.29) is 0 Å². The molecular weight excluding hydrogens is 248 g/mol. The lowest BCUT2D eigenvalue weighted by Gasteiger charge is -2.10. The highest BCUT2D eigenvalue weighted by molar-refractivity contribution is 5.25. The van der Waals surface area contributed by atoms with Crippen LogP contribution >= 0.6 is 0 Å². The Labute approximate surface area is 124 Å². The smallest absolute Gasteiger partial charge is 0.213 e. The molecule has 1 rings (SSSR count). The summed E-state index contributed by atoms with van der Waals surface area (Å²) in [7, 11) is 0. The van der Waals surface area contributed by atoms with Gasteiger partial charge in [-0.1, -0.05) is 46.5 Å². The van der Waals surface area contributed by atoms with Gasteiger partial charge in [0.15, 0.2) is 0 Å². The lowest BCUT2D eigenvalue weighted by Crippen LogP contribution is -2.12. The average molecular weight is 278 g/mol. The molecule has 0 aliphatic heterocycles. The molecule has 0 amide bonds. The Bertz CT molecular complexity index is 366. The topological polar surface area (TPSA) is 34.1 Å². The number of rotatable bonds is 11. The highest BCUT2D eigenvalue weighted by Gasteiger charge is 2.03. The van der Waals surface area contributed by atoms with E-state index in [9.17, 15) is 0 Å². The molecule has 1 heterocycles. The van der Waals surface area contributed by atoms with Crippen molar-refractivity contribution in [3.8, 4) is 5.88 Å². The number of nitrogens with zero attached hydrogens (tertiary/aromatic N) is 1. The monoisotopic (exact) mass is 278 g/mol. The molecule has 3 nitrogen and oxygen atoms in total.